The van der Waals surface area contributed by atoms with E-state index in [1.807, 2.05) is 31.5 Å². The normalized spacial score (nSPS) is 11.0. The molecule has 0 aliphatic carbocycles. The van der Waals surface area contributed by atoms with Crippen LogP contribution in [0.15, 0.2) is 47.8 Å². The molecular weight excluding hydrogens is 351 g/mol. The summed E-state index contributed by atoms with van der Waals surface area (Å²) in [5, 5.41) is 9.90. The summed E-state index contributed by atoms with van der Waals surface area (Å²) in [6, 6.07) is 11.4. The summed E-state index contributed by atoms with van der Waals surface area (Å²) in [6.07, 6.45) is 0. The lowest BCUT2D eigenvalue weighted by molar-refractivity contribution is 0.102. The molecule has 0 radical (unpaired) electrons. The van der Waals surface area contributed by atoms with Crippen LogP contribution in [-0.4, -0.2) is 20.7 Å². The average Bonchev–Trinajstić information content (AvgIpc) is 3.25. The number of anilines is 1. The fourth-order valence-corrected chi connectivity index (χ4v) is 3.59. The van der Waals surface area contributed by atoms with Crippen molar-refractivity contribution in [2.75, 3.05) is 5.32 Å². The lowest BCUT2D eigenvalue weighted by Gasteiger charge is -2.09. The summed E-state index contributed by atoms with van der Waals surface area (Å²) in [6.45, 7) is 1.85. The molecule has 0 aliphatic heterocycles. The predicted octanol–water partition coefficient (Wildman–Crippen LogP) is 4.40. The quantitative estimate of drug-likeness (QED) is 0.585. The van der Waals surface area contributed by atoms with Crippen molar-refractivity contribution >= 4 is 34.0 Å². The van der Waals surface area contributed by atoms with Crippen LogP contribution in [0.2, 0.25) is 0 Å². The molecule has 0 spiro atoms. The van der Waals surface area contributed by atoms with Crippen molar-refractivity contribution in [1.82, 2.24) is 14.8 Å². The second-order valence-electron chi connectivity index (χ2n) is 5.90. The molecule has 0 fully saturated rings. The molecule has 0 saturated carbocycles. The van der Waals surface area contributed by atoms with E-state index in [1.165, 1.54) is 24.3 Å². The van der Waals surface area contributed by atoms with Gasteiger partial charge in [0, 0.05) is 12.7 Å². The van der Waals surface area contributed by atoms with Crippen molar-refractivity contribution in [2.45, 2.75) is 6.92 Å². The maximum atomic E-state index is 13.1. The first kappa shape index (κ1) is 16.4. The third kappa shape index (κ3) is 2.86. The van der Waals surface area contributed by atoms with Gasteiger partial charge >= 0.3 is 0 Å². The van der Waals surface area contributed by atoms with Gasteiger partial charge in [0.15, 0.2) is 5.65 Å². The van der Waals surface area contributed by atoms with Gasteiger partial charge in [-0.2, -0.15) is 5.10 Å². The van der Waals surface area contributed by atoms with Crippen LogP contribution in [0.4, 0.5) is 10.1 Å². The molecule has 4 rings (SSSR count). The van der Waals surface area contributed by atoms with Gasteiger partial charge in [-0.3, -0.25) is 9.48 Å². The number of halogens is 1. The van der Waals surface area contributed by atoms with Crippen LogP contribution >= 0.6 is 11.3 Å². The van der Waals surface area contributed by atoms with E-state index in [4.69, 9.17) is 0 Å². The molecule has 26 heavy (non-hydrogen) atoms. The van der Waals surface area contributed by atoms with Gasteiger partial charge in [-0.1, -0.05) is 6.07 Å². The van der Waals surface area contributed by atoms with Crippen LogP contribution in [0, 0.1) is 12.7 Å². The number of aryl methyl sites for hydroxylation is 2. The molecule has 0 atom stereocenters. The van der Waals surface area contributed by atoms with Crippen molar-refractivity contribution in [3.63, 3.8) is 0 Å². The zero-order chi connectivity index (χ0) is 18.3. The number of hydrogen-bond acceptors (Lipinski definition) is 4. The smallest absolute Gasteiger partial charge is 0.256 e. The van der Waals surface area contributed by atoms with Gasteiger partial charge < -0.3 is 5.32 Å². The summed E-state index contributed by atoms with van der Waals surface area (Å²) in [7, 11) is 1.81. The fourth-order valence-electron chi connectivity index (χ4n) is 2.91. The number of carbonyl (C=O) groups excluding carboxylic acids is 1. The number of rotatable bonds is 3. The minimum absolute atomic E-state index is 0.280. The summed E-state index contributed by atoms with van der Waals surface area (Å²) in [5.41, 5.74) is 3.13. The Labute approximate surface area is 153 Å². The Morgan fingerprint density at radius 1 is 1.23 bits per heavy atom. The Kier molecular flexibility index (Phi) is 4.00. The van der Waals surface area contributed by atoms with Crippen LogP contribution in [0.5, 0.6) is 0 Å². The Morgan fingerprint density at radius 3 is 2.69 bits per heavy atom. The minimum atomic E-state index is -0.350. The molecule has 5 nitrogen and oxygen atoms in total. The molecule has 0 saturated heterocycles. The van der Waals surface area contributed by atoms with E-state index in [1.54, 1.807) is 22.1 Å². The van der Waals surface area contributed by atoms with Gasteiger partial charge in [0.2, 0.25) is 0 Å². The zero-order valence-electron chi connectivity index (χ0n) is 14.2. The van der Waals surface area contributed by atoms with Crippen LogP contribution in [0.25, 0.3) is 21.6 Å². The third-order valence-corrected chi connectivity index (χ3v) is 4.98. The number of nitrogens with zero attached hydrogens (tertiary/aromatic N) is 3. The second-order valence-corrected chi connectivity index (χ2v) is 6.85. The number of fused-ring (bicyclic) bond motifs is 1. The van der Waals surface area contributed by atoms with E-state index in [9.17, 15) is 9.18 Å². The summed E-state index contributed by atoms with van der Waals surface area (Å²) >= 11 is 1.56. The lowest BCUT2D eigenvalue weighted by Crippen LogP contribution is -2.13. The Bertz CT molecular complexity index is 1100. The van der Waals surface area contributed by atoms with Gasteiger partial charge in [-0.05, 0) is 48.7 Å². The first-order valence-electron chi connectivity index (χ1n) is 7.98. The van der Waals surface area contributed by atoms with Crippen molar-refractivity contribution in [3.05, 3.63) is 64.9 Å². The SMILES string of the molecule is Cc1nn(C)c2nc(-c3cccs3)cc(C(=O)Nc3ccc(F)cc3)c12. The number of amides is 1. The third-order valence-electron chi connectivity index (χ3n) is 4.09. The van der Waals surface area contributed by atoms with Crippen LogP contribution in [0.1, 0.15) is 16.1 Å². The molecule has 1 N–H and O–H groups in total. The van der Waals surface area contributed by atoms with E-state index >= 15 is 0 Å². The van der Waals surface area contributed by atoms with E-state index in [0.717, 1.165) is 16.3 Å². The highest BCUT2D eigenvalue weighted by Gasteiger charge is 2.19. The molecule has 0 unspecified atom stereocenters. The molecular formula is C19H15FN4OS. The van der Waals surface area contributed by atoms with E-state index in [-0.39, 0.29) is 11.7 Å². The van der Waals surface area contributed by atoms with Crippen molar-refractivity contribution in [1.29, 1.82) is 0 Å². The number of carbonyl (C=O) groups is 1. The average molecular weight is 366 g/mol. The molecule has 1 aromatic carbocycles. The van der Waals surface area contributed by atoms with Gasteiger partial charge in [0.05, 0.1) is 27.2 Å². The van der Waals surface area contributed by atoms with E-state index in [2.05, 4.69) is 15.4 Å². The molecule has 4 aromatic rings. The van der Waals surface area contributed by atoms with Crippen molar-refractivity contribution in [3.8, 4) is 10.6 Å². The molecule has 1 amide bonds. The maximum absolute atomic E-state index is 13.1. The number of pyridine rings is 1. The summed E-state index contributed by atoms with van der Waals surface area (Å²) in [5.74, 6) is -0.629. The largest absolute Gasteiger partial charge is 0.322 e. The molecule has 0 aliphatic rings. The molecule has 7 heteroatoms. The Balaban J connectivity index is 1.84. The van der Waals surface area contributed by atoms with E-state index in [0.29, 0.717) is 22.3 Å². The first-order valence-corrected chi connectivity index (χ1v) is 8.86. The topological polar surface area (TPSA) is 59.8 Å². The van der Waals surface area contributed by atoms with Crippen molar-refractivity contribution < 1.29 is 9.18 Å². The van der Waals surface area contributed by atoms with Crippen LogP contribution in [0.3, 0.4) is 0 Å². The maximum Gasteiger partial charge on any atom is 0.256 e. The Morgan fingerprint density at radius 2 is 2.00 bits per heavy atom. The highest BCUT2D eigenvalue weighted by atomic mass is 32.1. The summed E-state index contributed by atoms with van der Waals surface area (Å²) < 4.78 is 14.8. The van der Waals surface area contributed by atoms with Crippen LogP contribution < -0.4 is 5.32 Å². The van der Waals surface area contributed by atoms with Gasteiger partial charge in [-0.25, -0.2) is 9.37 Å². The van der Waals surface area contributed by atoms with Gasteiger partial charge in [0.1, 0.15) is 5.82 Å². The number of aromatic nitrogens is 3. The molecule has 130 valence electrons. The fraction of sp³-hybridized carbons (Fsp3) is 0.105. The molecule has 3 aromatic heterocycles. The lowest BCUT2D eigenvalue weighted by atomic mass is 10.1. The minimum Gasteiger partial charge on any atom is -0.322 e. The monoisotopic (exact) mass is 366 g/mol. The predicted molar refractivity (Wildman–Crippen MR) is 101 cm³/mol. The second kappa shape index (κ2) is 6.34. The first-order chi connectivity index (χ1) is 12.5. The number of thiophene rings is 1. The van der Waals surface area contributed by atoms with Gasteiger partial charge in [0.25, 0.3) is 5.91 Å². The van der Waals surface area contributed by atoms with Crippen LogP contribution in [-0.2, 0) is 7.05 Å². The highest BCUT2D eigenvalue weighted by molar-refractivity contribution is 7.13. The zero-order valence-corrected chi connectivity index (χ0v) is 15.0. The number of hydrogen-bond donors (Lipinski definition) is 1. The summed E-state index contributed by atoms with van der Waals surface area (Å²) in [4.78, 5) is 18.6. The van der Waals surface area contributed by atoms with E-state index < -0.39 is 0 Å². The number of nitrogens with one attached hydrogen (secondary N) is 1. The van der Waals surface area contributed by atoms with Crippen molar-refractivity contribution in [2.24, 2.45) is 7.05 Å². The molecule has 3 heterocycles. The highest BCUT2D eigenvalue weighted by Crippen LogP contribution is 2.29. The Hall–Kier alpha value is -3.06. The number of benzene rings is 1. The molecule has 0 bridgehead atoms. The van der Waals surface area contributed by atoms with Gasteiger partial charge in [-0.15, -0.1) is 11.3 Å². The standard InChI is InChI=1S/C19H15FN4OS/c1-11-17-14(19(25)21-13-7-5-12(20)6-8-13)10-15(16-4-3-9-26-16)22-18(17)24(2)23-11/h3-10H,1-2H3,(H,21,25).